The van der Waals surface area contributed by atoms with Gasteiger partial charge in [-0.25, -0.2) is 9.18 Å². The van der Waals surface area contributed by atoms with Gasteiger partial charge in [-0.15, -0.1) is 0 Å². The molecule has 0 spiro atoms. The van der Waals surface area contributed by atoms with E-state index in [9.17, 15) is 14.0 Å². The van der Waals surface area contributed by atoms with Gasteiger partial charge in [-0.05, 0) is 61.7 Å². The van der Waals surface area contributed by atoms with E-state index in [1.54, 1.807) is 36.4 Å². The Labute approximate surface area is 189 Å². The summed E-state index contributed by atoms with van der Waals surface area (Å²) < 4.78 is 13.4. The number of urea groups is 1. The average Bonchev–Trinajstić information content (AvgIpc) is 2.75. The van der Waals surface area contributed by atoms with E-state index in [0.717, 1.165) is 25.7 Å². The standard InChI is InChI=1S/C24H31ClFN3O2/c1-3-5-8-18(4-2)23(30)27-15-7-16-29(22-13-11-20(26)12-14-22)24(31)28-21-10-6-9-19(25)17-21/h6,9-14,17-18H,3-5,7-8,15-16H2,1-2H3,(H,27,30)(H,28,31). The van der Waals surface area contributed by atoms with Gasteiger partial charge in [0, 0.05) is 35.4 Å². The molecule has 0 aliphatic heterocycles. The number of hydrogen-bond donors (Lipinski definition) is 2. The summed E-state index contributed by atoms with van der Waals surface area (Å²) in [7, 11) is 0. The third-order valence-corrected chi connectivity index (χ3v) is 5.32. The predicted molar refractivity (Wildman–Crippen MR) is 125 cm³/mol. The van der Waals surface area contributed by atoms with Gasteiger partial charge < -0.3 is 10.6 Å². The Morgan fingerprint density at radius 3 is 2.48 bits per heavy atom. The Bertz CT molecular complexity index is 845. The third-order valence-electron chi connectivity index (χ3n) is 5.09. The molecule has 2 aromatic carbocycles. The highest BCUT2D eigenvalue weighted by atomic mass is 35.5. The molecule has 5 nitrogen and oxygen atoms in total. The first kappa shape index (κ1) is 24.7. The van der Waals surface area contributed by atoms with Crippen molar-refractivity contribution in [3.63, 3.8) is 0 Å². The second-order valence-corrected chi connectivity index (χ2v) is 7.90. The first-order valence-corrected chi connectivity index (χ1v) is 11.2. The number of rotatable bonds is 11. The maximum Gasteiger partial charge on any atom is 0.326 e. The van der Waals surface area contributed by atoms with E-state index < -0.39 is 0 Å². The molecule has 0 saturated heterocycles. The molecule has 0 aliphatic carbocycles. The van der Waals surface area contributed by atoms with Crippen molar-refractivity contribution in [1.29, 1.82) is 0 Å². The number of nitrogens with zero attached hydrogens (tertiary/aromatic N) is 1. The van der Waals surface area contributed by atoms with Gasteiger partial charge >= 0.3 is 6.03 Å². The van der Waals surface area contributed by atoms with E-state index in [4.69, 9.17) is 11.6 Å². The minimum absolute atomic E-state index is 0.0271. The number of nitrogens with one attached hydrogen (secondary N) is 2. The lowest BCUT2D eigenvalue weighted by molar-refractivity contribution is -0.125. The van der Waals surface area contributed by atoms with Crippen LogP contribution >= 0.6 is 11.6 Å². The van der Waals surface area contributed by atoms with Crippen molar-refractivity contribution in [3.05, 3.63) is 59.4 Å². The van der Waals surface area contributed by atoms with E-state index >= 15 is 0 Å². The first-order valence-electron chi connectivity index (χ1n) is 10.8. The SMILES string of the molecule is CCCCC(CC)C(=O)NCCCN(C(=O)Nc1cccc(Cl)c1)c1ccc(F)cc1. The van der Waals surface area contributed by atoms with Crippen molar-refractivity contribution < 1.29 is 14.0 Å². The van der Waals surface area contributed by atoms with Gasteiger partial charge in [0.1, 0.15) is 5.82 Å². The second kappa shape index (κ2) is 13.0. The average molecular weight is 448 g/mol. The van der Waals surface area contributed by atoms with Crippen LogP contribution in [0, 0.1) is 11.7 Å². The molecule has 1 atom stereocenters. The lowest BCUT2D eigenvalue weighted by atomic mass is 9.98. The van der Waals surface area contributed by atoms with Gasteiger partial charge in [0.2, 0.25) is 5.91 Å². The number of carbonyl (C=O) groups is 2. The van der Waals surface area contributed by atoms with Gasteiger partial charge in [0.15, 0.2) is 0 Å². The van der Waals surface area contributed by atoms with Crippen LogP contribution < -0.4 is 15.5 Å². The number of benzene rings is 2. The number of anilines is 2. The maximum atomic E-state index is 13.4. The summed E-state index contributed by atoms with van der Waals surface area (Å²) in [5.41, 5.74) is 1.14. The minimum atomic E-state index is -0.371. The summed E-state index contributed by atoms with van der Waals surface area (Å²) in [6.07, 6.45) is 4.38. The number of halogens is 2. The Kier molecular flexibility index (Phi) is 10.3. The molecule has 0 bridgehead atoms. The van der Waals surface area contributed by atoms with Crippen molar-refractivity contribution in [2.75, 3.05) is 23.3 Å². The summed E-state index contributed by atoms with van der Waals surface area (Å²) in [5.74, 6) is -0.282. The molecule has 1 unspecified atom stereocenters. The molecular formula is C24H31ClFN3O2. The fourth-order valence-electron chi connectivity index (χ4n) is 3.29. The van der Waals surface area contributed by atoms with Crippen molar-refractivity contribution in [1.82, 2.24) is 5.32 Å². The molecule has 0 saturated carbocycles. The molecule has 168 valence electrons. The largest absolute Gasteiger partial charge is 0.356 e. The van der Waals surface area contributed by atoms with Gasteiger partial charge in [0.25, 0.3) is 0 Å². The molecule has 0 heterocycles. The summed E-state index contributed by atoms with van der Waals surface area (Å²) in [5, 5.41) is 6.31. The number of carbonyl (C=O) groups excluding carboxylic acids is 2. The molecule has 0 radical (unpaired) electrons. The van der Waals surface area contributed by atoms with Crippen molar-refractivity contribution in [2.45, 2.75) is 46.0 Å². The van der Waals surface area contributed by atoms with E-state index in [1.807, 2.05) is 6.92 Å². The zero-order chi connectivity index (χ0) is 22.6. The van der Waals surface area contributed by atoms with Crippen LogP contribution in [-0.2, 0) is 4.79 Å². The first-order chi connectivity index (χ1) is 14.9. The predicted octanol–water partition coefficient (Wildman–Crippen LogP) is 6.24. The molecule has 2 rings (SSSR count). The molecule has 2 N–H and O–H groups in total. The molecular weight excluding hydrogens is 417 g/mol. The summed E-state index contributed by atoms with van der Waals surface area (Å²) in [6, 6.07) is 12.3. The van der Waals surface area contributed by atoms with Crippen LogP contribution in [0.2, 0.25) is 5.02 Å². The lowest BCUT2D eigenvalue weighted by Gasteiger charge is -2.24. The van der Waals surface area contributed by atoms with E-state index in [1.165, 1.54) is 17.0 Å². The lowest BCUT2D eigenvalue weighted by Crippen LogP contribution is -2.38. The van der Waals surface area contributed by atoms with Crippen molar-refractivity contribution in [3.8, 4) is 0 Å². The third kappa shape index (κ3) is 8.21. The highest BCUT2D eigenvalue weighted by Crippen LogP contribution is 2.19. The van der Waals surface area contributed by atoms with Crippen molar-refractivity contribution in [2.24, 2.45) is 5.92 Å². The highest BCUT2D eigenvalue weighted by Gasteiger charge is 2.18. The van der Waals surface area contributed by atoms with Crippen LogP contribution in [0.3, 0.4) is 0 Å². The molecule has 3 amide bonds. The van der Waals surface area contributed by atoms with Crippen LogP contribution in [0.5, 0.6) is 0 Å². The van der Waals surface area contributed by atoms with E-state index in [2.05, 4.69) is 17.6 Å². The van der Waals surface area contributed by atoms with Crippen LogP contribution in [0.25, 0.3) is 0 Å². The Morgan fingerprint density at radius 1 is 1.10 bits per heavy atom. The summed E-state index contributed by atoms with van der Waals surface area (Å²) in [4.78, 5) is 26.8. The molecule has 0 fully saturated rings. The Balaban J connectivity index is 1.98. The number of amides is 3. The number of hydrogen-bond acceptors (Lipinski definition) is 2. The fraction of sp³-hybridized carbons (Fsp3) is 0.417. The van der Waals surface area contributed by atoms with Crippen LogP contribution in [0.15, 0.2) is 48.5 Å². The smallest absolute Gasteiger partial charge is 0.326 e. The fourth-order valence-corrected chi connectivity index (χ4v) is 3.48. The topological polar surface area (TPSA) is 61.4 Å². The van der Waals surface area contributed by atoms with E-state index in [0.29, 0.717) is 35.9 Å². The van der Waals surface area contributed by atoms with E-state index in [-0.39, 0.29) is 23.7 Å². The van der Waals surface area contributed by atoms with Gasteiger partial charge in [-0.2, -0.15) is 0 Å². The van der Waals surface area contributed by atoms with Gasteiger partial charge in [0.05, 0.1) is 0 Å². The Morgan fingerprint density at radius 2 is 1.84 bits per heavy atom. The monoisotopic (exact) mass is 447 g/mol. The summed E-state index contributed by atoms with van der Waals surface area (Å²) >= 11 is 6.00. The summed E-state index contributed by atoms with van der Waals surface area (Å²) in [6.45, 7) is 4.97. The molecule has 2 aromatic rings. The quantitative estimate of drug-likeness (QED) is 0.400. The number of unbranched alkanes of at least 4 members (excludes halogenated alkanes) is 1. The van der Waals surface area contributed by atoms with Crippen molar-refractivity contribution >= 4 is 34.9 Å². The Hall–Kier alpha value is -2.60. The zero-order valence-electron chi connectivity index (χ0n) is 18.2. The maximum absolute atomic E-state index is 13.4. The highest BCUT2D eigenvalue weighted by molar-refractivity contribution is 6.30. The normalized spacial score (nSPS) is 11.6. The minimum Gasteiger partial charge on any atom is -0.356 e. The van der Waals surface area contributed by atoms with Crippen LogP contribution in [0.1, 0.15) is 46.0 Å². The molecule has 7 heteroatoms. The zero-order valence-corrected chi connectivity index (χ0v) is 18.9. The van der Waals surface area contributed by atoms with Gasteiger partial charge in [-0.1, -0.05) is 44.4 Å². The van der Waals surface area contributed by atoms with Crippen LogP contribution in [-0.4, -0.2) is 25.0 Å². The van der Waals surface area contributed by atoms with Crippen LogP contribution in [0.4, 0.5) is 20.6 Å². The molecule has 0 aliphatic rings. The van der Waals surface area contributed by atoms with Gasteiger partial charge in [-0.3, -0.25) is 9.69 Å². The second-order valence-electron chi connectivity index (χ2n) is 7.46. The molecule has 0 aromatic heterocycles. The molecule has 31 heavy (non-hydrogen) atoms.